The van der Waals surface area contributed by atoms with Crippen LogP contribution in [-0.2, 0) is 4.79 Å². The van der Waals surface area contributed by atoms with Crippen LogP contribution in [0.3, 0.4) is 0 Å². The molecule has 0 radical (unpaired) electrons. The average Bonchev–Trinajstić information content (AvgIpc) is 3.40. The Bertz CT molecular complexity index is 1090. The van der Waals surface area contributed by atoms with E-state index in [1.807, 2.05) is 0 Å². The van der Waals surface area contributed by atoms with Gasteiger partial charge in [0.1, 0.15) is 6.04 Å². The largest absolute Gasteiger partial charge is 0.459 e. The molecule has 1 N–H and O–H groups in total. The van der Waals surface area contributed by atoms with Crippen LogP contribution in [0, 0.1) is 0 Å². The summed E-state index contributed by atoms with van der Waals surface area (Å²) in [5.41, 5.74) is 2.41. The molecule has 2 amide bonds. The van der Waals surface area contributed by atoms with Crippen LogP contribution in [0.2, 0.25) is 0 Å². The number of carbonyl (C=O) groups excluding carboxylic acids is 2. The number of fused-ring (bicyclic) bond motifs is 2. The highest BCUT2D eigenvalue weighted by molar-refractivity contribution is 7.99. The molecule has 1 saturated heterocycles. The van der Waals surface area contributed by atoms with Crippen molar-refractivity contribution in [3.63, 3.8) is 0 Å². The Hall–Kier alpha value is -3.19. The smallest absolute Gasteiger partial charge is 0.290 e. The number of anilines is 2. The molecule has 6 nitrogen and oxygen atoms in total. The highest BCUT2D eigenvalue weighted by atomic mass is 32.2. The number of nitrogens with one attached hydrogen (secondary N) is 1. The highest BCUT2D eigenvalue weighted by Crippen LogP contribution is 2.47. The predicted molar refractivity (Wildman–Crippen MR) is 129 cm³/mol. The first-order chi connectivity index (χ1) is 16.2. The Morgan fingerprint density at radius 2 is 1.70 bits per heavy atom. The van der Waals surface area contributed by atoms with Gasteiger partial charge in [-0.15, -0.1) is 0 Å². The van der Waals surface area contributed by atoms with Crippen LogP contribution >= 0.6 is 11.8 Å². The normalized spacial score (nSPS) is 17.3. The molecule has 0 aliphatic carbocycles. The van der Waals surface area contributed by atoms with Crippen LogP contribution in [0.4, 0.5) is 11.4 Å². The van der Waals surface area contributed by atoms with E-state index in [9.17, 15) is 9.59 Å². The number of para-hydroxylation sites is 2. The Balaban J connectivity index is 1.21. The lowest BCUT2D eigenvalue weighted by Gasteiger charge is -2.34. The van der Waals surface area contributed by atoms with E-state index < -0.39 is 6.04 Å². The Labute approximate surface area is 197 Å². The molecule has 2 aliphatic rings. The van der Waals surface area contributed by atoms with Crippen molar-refractivity contribution < 1.29 is 14.0 Å². The van der Waals surface area contributed by atoms with Crippen molar-refractivity contribution in [2.24, 2.45) is 0 Å². The van der Waals surface area contributed by atoms with Gasteiger partial charge in [-0.1, -0.05) is 36.0 Å². The summed E-state index contributed by atoms with van der Waals surface area (Å²) in [4.78, 5) is 32.2. The van der Waals surface area contributed by atoms with Crippen LogP contribution in [0.1, 0.15) is 36.2 Å². The van der Waals surface area contributed by atoms with Crippen LogP contribution < -0.4 is 10.2 Å². The third-order valence-corrected chi connectivity index (χ3v) is 7.32. The standard InChI is InChI=1S/C26H27N3O3S/c30-25(21-11-5-6-16-29(21)26(31)22-12-7-18-32-22)27-15-8-17-28-19-9-1-3-13-23(19)33-24-14-4-2-10-20(24)28/h1-4,7,9-10,12-14,18,21H,5-6,8,11,15-17H2,(H,27,30). The summed E-state index contributed by atoms with van der Waals surface area (Å²) in [7, 11) is 0. The number of benzene rings is 2. The summed E-state index contributed by atoms with van der Waals surface area (Å²) in [6.07, 6.45) is 4.82. The second-order valence-corrected chi connectivity index (χ2v) is 9.40. The number of nitrogens with zero attached hydrogens (tertiary/aromatic N) is 2. The van der Waals surface area contributed by atoms with Gasteiger partial charge in [-0.05, 0) is 62.1 Å². The van der Waals surface area contributed by atoms with Crippen molar-refractivity contribution in [3.05, 3.63) is 72.7 Å². The monoisotopic (exact) mass is 461 g/mol. The van der Waals surface area contributed by atoms with Crippen molar-refractivity contribution in [3.8, 4) is 0 Å². The van der Waals surface area contributed by atoms with Gasteiger partial charge >= 0.3 is 0 Å². The summed E-state index contributed by atoms with van der Waals surface area (Å²) < 4.78 is 5.27. The zero-order valence-corrected chi connectivity index (χ0v) is 19.2. The predicted octanol–water partition coefficient (Wildman–Crippen LogP) is 5.08. The van der Waals surface area contributed by atoms with Crippen LogP contribution in [0.15, 0.2) is 81.1 Å². The number of hydrogen-bond donors (Lipinski definition) is 1. The lowest BCUT2D eigenvalue weighted by Crippen LogP contribution is -2.52. The minimum absolute atomic E-state index is 0.0791. The topological polar surface area (TPSA) is 65.8 Å². The first-order valence-electron chi connectivity index (χ1n) is 11.5. The number of piperidine rings is 1. The summed E-state index contributed by atoms with van der Waals surface area (Å²) in [6, 6.07) is 19.8. The van der Waals surface area contributed by atoms with Crippen molar-refractivity contribution in [1.82, 2.24) is 10.2 Å². The average molecular weight is 462 g/mol. The molecule has 0 saturated carbocycles. The molecular weight excluding hydrogens is 434 g/mol. The van der Waals surface area contributed by atoms with Gasteiger partial charge in [0.05, 0.1) is 17.6 Å². The van der Waals surface area contributed by atoms with Gasteiger partial charge in [0.25, 0.3) is 5.91 Å². The van der Waals surface area contributed by atoms with Crippen LogP contribution in [0.5, 0.6) is 0 Å². The number of amides is 2. The maximum Gasteiger partial charge on any atom is 0.290 e. The third kappa shape index (κ3) is 4.50. The third-order valence-electron chi connectivity index (χ3n) is 6.19. The summed E-state index contributed by atoms with van der Waals surface area (Å²) >= 11 is 1.79. The van der Waals surface area contributed by atoms with Gasteiger partial charge in [-0.2, -0.15) is 0 Å². The molecule has 2 aliphatic heterocycles. The molecule has 3 heterocycles. The van der Waals surface area contributed by atoms with E-state index in [1.54, 1.807) is 28.8 Å². The molecule has 1 unspecified atom stereocenters. The van der Waals surface area contributed by atoms with Crippen molar-refractivity contribution in [1.29, 1.82) is 0 Å². The molecule has 7 heteroatoms. The number of carbonyl (C=O) groups is 2. The molecule has 2 aromatic carbocycles. The van der Waals surface area contributed by atoms with E-state index in [4.69, 9.17) is 4.42 Å². The van der Waals surface area contributed by atoms with E-state index in [2.05, 4.69) is 58.7 Å². The van der Waals surface area contributed by atoms with E-state index in [0.29, 0.717) is 19.5 Å². The fourth-order valence-electron chi connectivity index (χ4n) is 4.58. The molecule has 0 bridgehead atoms. The van der Waals surface area contributed by atoms with E-state index in [1.165, 1.54) is 27.4 Å². The van der Waals surface area contributed by atoms with Gasteiger partial charge < -0.3 is 19.5 Å². The Morgan fingerprint density at radius 1 is 0.970 bits per heavy atom. The summed E-state index contributed by atoms with van der Waals surface area (Å²) in [5, 5.41) is 3.07. The van der Waals surface area contributed by atoms with Gasteiger partial charge in [-0.25, -0.2) is 0 Å². The van der Waals surface area contributed by atoms with E-state index in [-0.39, 0.29) is 17.6 Å². The quantitative estimate of drug-likeness (QED) is 0.519. The second kappa shape index (κ2) is 9.75. The number of rotatable bonds is 6. The van der Waals surface area contributed by atoms with Gasteiger partial charge in [-0.3, -0.25) is 9.59 Å². The highest BCUT2D eigenvalue weighted by Gasteiger charge is 2.33. The van der Waals surface area contributed by atoms with Gasteiger partial charge in [0.15, 0.2) is 5.76 Å². The minimum Gasteiger partial charge on any atom is -0.459 e. The van der Waals surface area contributed by atoms with Crippen molar-refractivity contribution in [2.45, 2.75) is 41.5 Å². The maximum absolute atomic E-state index is 13.0. The molecule has 5 rings (SSSR count). The lowest BCUT2D eigenvalue weighted by molar-refractivity contribution is -0.126. The number of furan rings is 1. The minimum atomic E-state index is -0.441. The zero-order valence-electron chi connectivity index (χ0n) is 18.4. The summed E-state index contributed by atoms with van der Waals surface area (Å²) in [5.74, 6) is -0.00140. The van der Waals surface area contributed by atoms with Crippen LogP contribution in [-0.4, -0.2) is 42.4 Å². The zero-order chi connectivity index (χ0) is 22.6. The van der Waals surface area contributed by atoms with Crippen LogP contribution in [0.25, 0.3) is 0 Å². The molecule has 1 aromatic heterocycles. The lowest BCUT2D eigenvalue weighted by atomic mass is 10.0. The van der Waals surface area contributed by atoms with E-state index in [0.717, 1.165) is 25.8 Å². The van der Waals surface area contributed by atoms with Gasteiger partial charge in [0.2, 0.25) is 5.91 Å². The van der Waals surface area contributed by atoms with Crippen molar-refractivity contribution in [2.75, 3.05) is 24.5 Å². The molecule has 1 atom stereocenters. The Kier molecular flexibility index (Phi) is 6.39. The molecule has 170 valence electrons. The first kappa shape index (κ1) is 21.6. The van der Waals surface area contributed by atoms with Gasteiger partial charge in [0, 0.05) is 29.4 Å². The second-order valence-electron chi connectivity index (χ2n) is 8.32. The van der Waals surface area contributed by atoms with Crippen molar-refractivity contribution >= 4 is 35.0 Å². The molecule has 33 heavy (non-hydrogen) atoms. The molecule has 0 spiro atoms. The van der Waals surface area contributed by atoms with E-state index >= 15 is 0 Å². The molecule has 3 aromatic rings. The fourth-order valence-corrected chi connectivity index (χ4v) is 5.67. The fraction of sp³-hybridized carbons (Fsp3) is 0.308. The Morgan fingerprint density at radius 3 is 2.39 bits per heavy atom. The SMILES string of the molecule is O=C(NCCCN1c2ccccc2Sc2ccccc21)C1CCCCN1C(=O)c1ccco1. The molecule has 1 fully saturated rings. The molecular formula is C26H27N3O3S. The first-order valence-corrected chi connectivity index (χ1v) is 12.3. The number of hydrogen-bond acceptors (Lipinski definition) is 5. The maximum atomic E-state index is 13.0. The number of likely N-dealkylation sites (tertiary alicyclic amines) is 1. The summed E-state index contributed by atoms with van der Waals surface area (Å²) in [6.45, 7) is 1.94.